The molecule has 1 aromatic carbocycles. The standard InChI is InChI=1S/C8H10.C3H8O.H2O/c1-7-3-5-8(2)6-4-7;1-2-3-4;/h3-6H,1-2H3;4H,2-3H2,1H3;1H2. The Kier molecular flexibility index (Phi) is 10.4. The summed E-state index contributed by atoms with van der Waals surface area (Å²) in [7, 11) is 0. The average molecular weight is 184 g/mol. The molecule has 0 aliphatic rings. The van der Waals surface area contributed by atoms with Crippen molar-refractivity contribution in [2.45, 2.75) is 27.2 Å². The molecule has 0 unspecified atom stereocenters. The van der Waals surface area contributed by atoms with Gasteiger partial charge in [-0.3, -0.25) is 0 Å². The average Bonchev–Trinajstić information content (AvgIpc) is 2.11. The number of aliphatic hydroxyl groups excluding tert-OH is 1. The number of rotatable bonds is 1. The van der Waals surface area contributed by atoms with E-state index in [1.807, 2.05) is 6.92 Å². The van der Waals surface area contributed by atoms with E-state index in [2.05, 4.69) is 38.1 Å². The van der Waals surface area contributed by atoms with Gasteiger partial charge in [-0.05, 0) is 20.3 Å². The minimum Gasteiger partial charge on any atom is -0.412 e. The molecule has 1 aromatic rings. The molecule has 0 saturated carbocycles. The van der Waals surface area contributed by atoms with E-state index in [1.54, 1.807) is 0 Å². The lowest BCUT2D eigenvalue weighted by atomic mass is 10.2. The second-order valence-electron chi connectivity index (χ2n) is 2.88. The smallest absolute Gasteiger partial charge is 0.0428 e. The molecule has 0 atom stereocenters. The Labute approximate surface area is 80.5 Å². The lowest BCUT2D eigenvalue weighted by Gasteiger charge is -1.90. The molecule has 0 amide bonds. The lowest BCUT2D eigenvalue weighted by molar-refractivity contribution is 0.295. The van der Waals surface area contributed by atoms with Crippen molar-refractivity contribution in [3.8, 4) is 0 Å². The normalized spacial score (nSPS) is 8.00. The molecule has 0 spiro atoms. The van der Waals surface area contributed by atoms with Gasteiger partial charge in [-0.1, -0.05) is 42.3 Å². The molecular weight excluding hydrogens is 164 g/mol. The molecule has 76 valence electrons. The minimum absolute atomic E-state index is 0. The number of aryl methyl sites for hydroxylation is 2. The molecular formula is C11H20O2. The van der Waals surface area contributed by atoms with E-state index >= 15 is 0 Å². The highest BCUT2D eigenvalue weighted by Gasteiger charge is 1.79. The van der Waals surface area contributed by atoms with E-state index in [1.165, 1.54) is 11.1 Å². The van der Waals surface area contributed by atoms with Crippen LogP contribution in [0.4, 0.5) is 0 Å². The lowest BCUT2D eigenvalue weighted by Crippen LogP contribution is -1.70. The van der Waals surface area contributed by atoms with Crippen molar-refractivity contribution >= 4 is 0 Å². The van der Waals surface area contributed by atoms with Crippen molar-refractivity contribution in [1.82, 2.24) is 0 Å². The summed E-state index contributed by atoms with van der Waals surface area (Å²) >= 11 is 0. The monoisotopic (exact) mass is 184 g/mol. The summed E-state index contributed by atoms with van der Waals surface area (Å²) in [5.41, 5.74) is 2.66. The molecule has 3 N–H and O–H groups in total. The van der Waals surface area contributed by atoms with E-state index < -0.39 is 0 Å². The van der Waals surface area contributed by atoms with Crippen molar-refractivity contribution in [2.75, 3.05) is 6.61 Å². The Balaban J connectivity index is 0. The van der Waals surface area contributed by atoms with Gasteiger partial charge in [0.25, 0.3) is 0 Å². The van der Waals surface area contributed by atoms with Gasteiger partial charge < -0.3 is 10.6 Å². The molecule has 1 rings (SSSR count). The predicted molar refractivity (Wildman–Crippen MR) is 56.9 cm³/mol. The van der Waals surface area contributed by atoms with Crippen LogP contribution in [0.25, 0.3) is 0 Å². The van der Waals surface area contributed by atoms with Gasteiger partial charge in [0.2, 0.25) is 0 Å². The summed E-state index contributed by atoms with van der Waals surface area (Å²) in [6.45, 7) is 6.44. The molecule has 2 heteroatoms. The van der Waals surface area contributed by atoms with E-state index in [0.717, 1.165) is 6.42 Å². The van der Waals surface area contributed by atoms with Gasteiger partial charge in [0.1, 0.15) is 0 Å². The van der Waals surface area contributed by atoms with Crippen LogP contribution in [0.2, 0.25) is 0 Å². The second kappa shape index (κ2) is 9.23. The topological polar surface area (TPSA) is 51.7 Å². The molecule has 0 aliphatic carbocycles. The van der Waals surface area contributed by atoms with Crippen LogP contribution in [0.1, 0.15) is 24.5 Å². The Bertz CT molecular complexity index is 169. The van der Waals surface area contributed by atoms with Crippen LogP contribution in [0.5, 0.6) is 0 Å². The first-order valence-electron chi connectivity index (χ1n) is 4.34. The van der Waals surface area contributed by atoms with Crippen LogP contribution in [0.15, 0.2) is 24.3 Å². The van der Waals surface area contributed by atoms with Gasteiger partial charge in [0, 0.05) is 6.61 Å². The summed E-state index contributed by atoms with van der Waals surface area (Å²) in [5.74, 6) is 0. The van der Waals surface area contributed by atoms with Gasteiger partial charge in [-0.15, -0.1) is 0 Å². The summed E-state index contributed by atoms with van der Waals surface area (Å²) in [6, 6.07) is 8.48. The maximum absolute atomic E-state index is 7.88. The molecule has 0 bridgehead atoms. The van der Waals surface area contributed by atoms with E-state index in [0.29, 0.717) is 6.61 Å². The van der Waals surface area contributed by atoms with Crippen LogP contribution < -0.4 is 0 Å². The zero-order valence-electron chi connectivity index (χ0n) is 8.67. The molecule has 0 saturated heterocycles. The third kappa shape index (κ3) is 9.05. The van der Waals surface area contributed by atoms with Gasteiger partial charge in [0.05, 0.1) is 0 Å². The molecule has 2 nitrogen and oxygen atoms in total. The van der Waals surface area contributed by atoms with Crippen LogP contribution in [0, 0.1) is 13.8 Å². The van der Waals surface area contributed by atoms with Crippen molar-refractivity contribution in [3.05, 3.63) is 35.4 Å². The van der Waals surface area contributed by atoms with Crippen molar-refractivity contribution in [3.63, 3.8) is 0 Å². The fourth-order valence-corrected chi connectivity index (χ4v) is 0.637. The maximum atomic E-state index is 7.88. The zero-order valence-corrected chi connectivity index (χ0v) is 8.67. The van der Waals surface area contributed by atoms with Crippen LogP contribution in [-0.4, -0.2) is 17.2 Å². The minimum atomic E-state index is 0. The molecule has 0 radical (unpaired) electrons. The van der Waals surface area contributed by atoms with Crippen molar-refractivity contribution in [2.24, 2.45) is 0 Å². The highest BCUT2D eigenvalue weighted by molar-refractivity contribution is 5.19. The largest absolute Gasteiger partial charge is 0.412 e. The van der Waals surface area contributed by atoms with Crippen molar-refractivity contribution < 1.29 is 10.6 Å². The Morgan fingerprint density at radius 3 is 1.38 bits per heavy atom. The number of aliphatic hydroxyl groups is 1. The summed E-state index contributed by atoms with van der Waals surface area (Å²) in [6.07, 6.45) is 0.875. The first kappa shape index (κ1) is 14.7. The van der Waals surface area contributed by atoms with E-state index in [-0.39, 0.29) is 5.48 Å². The summed E-state index contributed by atoms with van der Waals surface area (Å²) in [5, 5.41) is 7.88. The van der Waals surface area contributed by atoms with Gasteiger partial charge >= 0.3 is 0 Å². The number of hydrogen-bond donors (Lipinski definition) is 1. The first-order chi connectivity index (χ1) is 5.70. The van der Waals surface area contributed by atoms with Crippen LogP contribution in [-0.2, 0) is 0 Å². The maximum Gasteiger partial charge on any atom is 0.0428 e. The van der Waals surface area contributed by atoms with E-state index in [9.17, 15) is 0 Å². The van der Waals surface area contributed by atoms with E-state index in [4.69, 9.17) is 5.11 Å². The Morgan fingerprint density at radius 1 is 1.00 bits per heavy atom. The molecule has 0 aromatic heterocycles. The SMILES string of the molecule is CCCO.Cc1ccc(C)cc1.O. The fraction of sp³-hybridized carbons (Fsp3) is 0.455. The fourth-order valence-electron chi connectivity index (χ4n) is 0.637. The summed E-state index contributed by atoms with van der Waals surface area (Å²) < 4.78 is 0. The Morgan fingerprint density at radius 2 is 1.23 bits per heavy atom. The number of benzene rings is 1. The molecule has 0 aliphatic heterocycles. The number of hydrogen-bond acceptors (Lipinski definition) is 1. The highest BCUT2D eigenvalue weighted by atomic mass is 16.2. The highest BCUT2D eigenvalue weighted by Crippen LogP contribution is 1.99. The predicted octanol–water partition coefficient (Wildman–Crippen LogP) is 1.87. The zero-order chi connectivity index (χ0) is 9.40. The molecule has 13 heavy (non-hydrogen) atoms. The quantitative estimate of drug-likeness (QED) is 0.711. The van der Waals surface area contributed by atoms with Crippen molar-refractivity contribution in [1.29, 1.82) is 0 Å². The summed E-state index contributed by atoms with van der Waals surface area (Å²) in [4.78, 5) is 0. The molecule has 0 fully saturated rings. The van der Waals surface area contributed by atoms with Gasteiger partial charge in [0.15, 0.2) is 0 Å². The molecule has 0 heterocycles. The van der Waals surface area contributed by atoms with Crippen LogP contribution in [0.3, 0.4) is 0 Å². The Hall–Kier alpha value is -0.860. The van der Waals surface area contributed by atoms with Gasteiger partial charge in [-0.2, -0.15) is 0 Å². The first-order valence-corrected chi connectivity index (χ1v) is 4.34. The second-order valence-corrected chi connectivity index (χ2v) is 2.88. The third-order valence-electron chi connectivity index (χ3n) is 1.44. The third-order valence-corrected chi connectivity index (χ3v) is 1.44. The van der Waals surface area contributed by atoms with Gasteiger partial charge in [-0.25, -0.2) is 0 Å². The van der Waals surface area contributed by atoms with Crippen LogP contribution >= 0.6 is 0 Å².